The maximum atomic E-state index is 12.9. The minimum absolute atomic E-state index is 0. The van der Waals surface area contributed by atoms with Gasteiger partial charge in [0, 0.05) is 23.6 Å². The first kappa shape index (κ1) is 30.9. The predicted octanol–water partition coefficient (Wildman–Crippen LogP) is -1.42. The summed E-state index contributed by atoms with van der Waals surface area (Å²) in [6, 6.07) is -1.07. The zero-order valence-corrected chi connectivity index (χ0v) is 21.6. The molecule has 0 bridgehead atoms. The van der Waals surface area contributed by atoms with Crippen molar-refractivity contribution < 1.29 is 38.7 Å². The van der Waals surface area contributed by atoms with Gasteiger partial charge in [0.2, 0.25) is 0 Å². The molecule has 1 aromatic heterocycles. The number of thioether (sulfide) groups is 1. The first-order chi connectivity index (χ1) is 16.1. The Morgan fingerprint density at radius 2 is 2.03 bits per heavy atom. The maximum absolute atomic E-state index is 12.9. The van der Waals surface area contributed by atoms with Crippen LogP contribution in [-0.2, 0) is 33.5 Å². The normalized spacial score (nSPS) is 18.6. The zero-order valence-electron chi connectivity index (χ0n) is 18.3. The van der Waals surface area contributed by atoms with E-state index in [0.29, 0.717) is 0 Å². The van der Waals surface area contributed by atoms with Gasteiger partial charge in [0.1, 0.15) is 29.4 Å². The summed E-state index contributed by atoms with van der Waals surface area (Å²) in [4.78, 5) is 69.6. The highest BCUT2D eigenvalue weighted by Crippen LogP contribution is 2.40. The largest absolute Gasteiger partial charge is 0.477 e. The molecule has 2 atom stereocenters. The Hall–Kier alpha value is -3.12. The highest BCUT2D eigenvalue weighted by Gasteiger charge is 2.54. The summed E-state index contributed by atoms with van der Waals surface area (Å²) in [7, 11) is 0. The quantitative estimate of drug-likeness (QED) is 0.0561. The first-order valence-corrected chi connectivity index (χ1v) is 11.3. The van der Waals surface area contributed by atoms with Crippen molar-refractivity contribution in [1.29, 1.82) is 0 Å². The van der Waals surface area contributed by atoms with Crippen molar-refractivity contribution in [3.8, 4) is 0 Å². The Labute approximate surface area is 223 Å². The third-order valence-electron chi connectivity index (χ3n) is 4.48. The molecule has 1 saturated heterocycles. The lowest BCUT2D eigenvalue weighted by Gasteiger charge is -2.49. The number of hydrazine groups is 1. The molecule has 36 heavy (non-hydrogen) atoms. The number of oxime groups is 1. The Balaban J connectivity index is 0.00000324. The van der Waals surface area contributed by atoms with Crippen molar-refractivity contribution in [3.63, 3.8) is 0 Å². The monoisotopic (exact) mass is 585 g/mol. The summed E-state index contributed by atoms with van der Waals surface area (Å²) >= 11 is 2.22. The number of halogens is 2. The molecule has 1 unspecified atom stereocenters. The molecule has 3 rings (SSSR count). The Morgan fingerprint density at radius 3 is 2.58 bits per heavy atom. The Bertz CT molecular complexity index is 1110. The van der Waals surface area contributed by atoms with Crippen LogP contribution < -0.4 is 22.3 Å². The van der Waals surface area contributed by atoms with Crippen LogP contribution in [0.25, 0.3) is 0 Å². The van der Waals surface area contributed by atoms with E-state index in [2.05, 4.69) is 15.5 Å². The number of nitrogens with zero attached hydrogens (tertiary/aromatic N) is 3. The fourth-order valence-corrected chi connectivity index (χ4v) is 4.87. The van der Waals surface area contributed by atoms with E-state index in [1.807, 2.05) is 5.43 Å². The highest BCUT2D eigenvalue weighted by molar-refractivity contribution is 8.00. The minimum Gasteiger partial charge on any atom is -0.477 e. The zero-order chi connectivity index (χ0) is 25.0. The van der Waals surface area contributed by atoms with Crippen LogP contribution in [0.5, 0.6) is 0 Å². The van der Waals surface area contributed by atoms with Crippen LogP contribution in [0.15, 0.2) is 21.8 Å². The minimum atomic E-state index is -1.36. The molecule has 19 heteroatoms. The summed E-state index contributed by atoms with van der Waals surface area (Å²) in [6.45, 7) is 0.327. The van der Waals surface area contributed by atoms with Gasteiger partial charge >= 0.3 is 11.9 Å². The van der Waals surface area contributed by atoms with Gasteiger partial charge in [-0.25, -0.2) is 15.6 Å². The number of carbonyl (C=O) groups is 5. The van der Waals surface area contributed by atoms with Crippen molar-refractivity contribution in [2.45, 2.75) is 18.3 Å². The number of ether oxygens (including phenoxy) is 1. The number of esters is 1. The molecule has 15 nitrogen and oxygen atoms in total. The van der Waals surface area contributed by atoms with Crippen LogP contribution >= 0.6 is 47.9 Å². The number of aromatic nitrogens is 1. The lowest BCUT2D eigenvalue weighted by molar-refractivity contribution is -0.150. The number of rotatable bonds is 9. The number of nitrogens with one attached hydrogen (secondary N) is 2. The van der Waals surface area contributed by atoms with Gasteiger partial charge in [-0.2, -0.15) is 0 Å². The molecule has 0 radical (unpaired) electrons. The maximum Gasteiger partial charge on any atom is 0.352 e. The molecule has 2 aliphatic rings. The van der Waals surface area contributed by atoms with Gasteiger partial charge in [0.25, 0.3) is 17.7 Å². The van der Waals surface area contributed by atoms with Crippen molar-refractivity contribution >= 4 is 88.4 Å². The number of fused-ring (bicyclic) bond motifs is 1. The number of β-lactam (4-membered cyclic amide) rings is 1. The second-order valence-electron chi connectivity index (χ2n) is 6.75. The number of aliphatic carboxylic acids is 1. The average Bonchev–Trinajstić information content (AvgIpc) is 3.23. The number of carbonyl (C=O) groups excluding carboxylic acids is 4. The molecule has 1 aromatic rings. The van der Waals surface area contributed by atoms with E-state index in [-0.39, 0.29) is 65.0 Å². The van der Waals surface area contributed by atoms with E-state index < -0.39 is 47.7 Å². The molecule has 198 valence electrons. The number of anilines is 1. The first-order valence-electron chi connectivity index (χ1n) is 9.39. The molecule has 0 aromatic carbocycles. The second-order valence-corrected chi connectivity index (χ2v) is 8.75. The standard InChI is InChI=1S/C17H19N7O8S2.2ClH/c1-6(25)31-2-7-4-33-15-11(14(28)24(15)12(7)16(29)30)21-13(27)10(8-5-34-17(18)20-8)23-32-3-9(26)22-19;;/h5,11,15H,2-4,19H2,1H3,(H2,18,20)(H,21,27)(H,22,26)(H,29,30);2*1H/b23-10+;;/t11?,15-;;/m1../s1. The number of carboxylic acids is 1. The average molecular weight is 586 g/mol. The molecule has 1 fully saturated rings. The molecule has 0 saturated carbocycles. The van der Waals surface area contributed by atoms with Gasteiger partial charge in [-0.15, -0.1) is 47.9 Å². The topological polar surface area (TPSA) is 229 Å². The van der Waals surface area contributed by atoms with E-state index in [1.165, 1.54) is 24.1 Å². The fourth-order valence-electron chi connectivity index (χ4n) is 2.99. The van der Waals surface area contributed by atoms with Crippen LogP contribution in [0, 0.1) is 0 Å². The van der Waals surface area contributed by atoms with Crippen LogP contribution in [0.2, 0.25) is 0 Å². The number of hydrogen-bond donors (Lipinski definition) is 5. The van der Waals surface area contributed by atoms with E-state index in [9.17, 15) is 29.1 Å². The molecule has 0 aliphatic carbocycles. The van der Waals surface area contributed by atoms with Crippen LogP contribution in [-0.4, -0.2) is 80.7 Å². The van der Waals surface area contributed by atoms with E-state index in [0.717, 1.165) is 16.2 Å². The number of carboxylic acid groups (broad SMARTS) is 1. The molecular formula is C17H21Cl2N7O8S2. The van der Waals surface area contributed by atoms with Gasteiger partial charge in [0.05, 0.1) is 0 Å². The lowest BCUT2D eigenvalue weighted by atomic mass is 10.0. The summed E-state index contributed by atoms with van der Waals surface area (Å²) < 4.78 is 4.88. The molecule has 7 N–H and O–H groups in total. The van der Waals surface area contributed by atoms with Gasteiger partial charge in [-0.05, 0) is 0 Å². The Kier molecular flexibility index (Phi) is 11.4. The van der Waals surface area contributed by atoms with Crippen LogP contribution in [0.1, 0.15) is 12.6 Å². The molecule has 0 spiro atoms. The lowest BCUT2D eigenvalue weighted by Crippen LogP contribution is -2.71. The summed E-state index contributed by atoms with van der Waals surface area (Å²) in [5, 5.41) is 16.6. The van der Waals surface area contributed by atoms with Crippen molar-refractivity contribution in [1.82, 2.24) is 20.6 Å². The fraction of sp³-hybridized carbons (Fsp3) is 0.353. The van der Waals surface area contributed by atoms with Gasteiger partial charge in [0.15, 0.2) is 17.5 Å². The highest BCUT2D eigenvalue weighted by atomic mass is 35.5. The molecule has 3 amide bonds. The molecular weight excluding hydrogens is 565 g/mol. The summed E-state index contributed by atoms with van der Waals surface area (Å²) in [5.41, 5.74) is 7.09. The molecule has 2 aliphatic heterocycles. The van der Waals surface area contributed by atoms with Gasteiger partial charge < -0.3 is 25.7 Å². The van der Waals surface area contributed by atoms with Crippen LogP contribution in [0.4, 0.5) is 5.13 Å². The van der Waals surface area contributed by atoms with Crippen molar-refractivity contribution in [2.24, 2.45) is 11.0 Å². The third-order valence-corrected chi connectivity index (χ3v) is 6.49. The smallest absolute Gasteiger partial charge is 0.352 e. The third kappa shape index (κ3) is 6.76. The summed E-state index contributed by atoms with van der Waals surface area (Å²) in [5.74, 6) is 0.925. The number of hydrogen-bond acceptors (Lipinski definition) is 13. The SMILES string of the molecule is CC(=O)OCC1=C(C(=O)O)N2C(=O)C(NC(=O)/C(=N/OCC(=O)NN)c3csc(N)n3)[C@H]2SC1.Cl.Cl. The summed E-state index contributed by atoms with van der Waals surface area (Å²) in [6.07, 6.45) is 0. The van der Waals surface area contributed by atoms with Gasteiger partial charge in [-0.1, -0.05) is 5.16 Å². The molecule has 3 heterocycles. The second kappa shape index (κ2) is 13.3. The van der Waals surface area contributed by atoms with Gasteiger partial charge in [-0.3, -0.25) is 29.5 Å². The van der Waals surface area contributed by atoms with Crippen molar-refractivity contribution in [2.75, 3.05) is 24.7 Å². The Morgan fingerprint density at radius 1 is 1.33 bits per heavy atom. The van der Waals surface area contributed by atoms with E-state index in [1.54, 1.807) is 0 Å². The van der Waals surface area contributed by atoms with Crippen molar-refractivity contribution in [3.05, 3.63) is 22.3 Å². The van der Waals surface area contributed by atoms with E-state index >= 15 is 0 Å². The number of nitrogens with two attached hydrogens (primary N) is 2. The van der Waals surface area contributed by atoms with Crippen LogP contribution in [0.3, 0.4) is 0 Å². The number of amides is 3. The number of nitrogen functional groups attached to an aromatic ring is 1. The number of thiazole rings is 1. The van der Waals surface area contributed by atoms with E-state index in [4.69, 9.17) is 21.2 Å². The predicted molar refractivity (Wildman–Crippen MR) is 132 cm³/mol.